The van der Waals surface area contributed by atoms with E-state index in [0.717, 1.165) is 29.8 Å². The molecule has 114 valence electrons. The summed E-state index contributed by atoms with van der Waals surface area (Å²) in [7, 11) is 0. The molecule has 2 N–H and O–H groups in total. The number of benzene rings is 1. The van der Waals surface area contributed by atoms with Gasteiger partial charge in [0, 0.05) is 12.2 Å². The lowest BCUT2D eigenvalue weighted by molar-refractivity contribution is 0.297. The Hall–Kier alpha value is -1.81. The molecule has 4 heteroatoms. The van der Waals surface area contributed by atoms with E-state index in [4.69, 9.17) is 10.5 Å². The number of aromatic nitrogens is 2. The first kappa shape index (κ1) is 15.6. The zero-order valence-electron chi connectivity index (χ0n) is 13.1. The number of rotatable bonds is 7. The van der Waals surface area contributed by atoms with Crippen molar-refractivity contribution in [1.29, 1.82) is 0 Å². The van der Waals surface area contributed by atoms with Gasteiger partial charge in [-0.05, 0) is 43.5 Å². The number of ether oxygens (including phenoxy) is 1. The molecule has 0 fully saturated rings. The minimum Gasteiger partial charge on any atom is -0.487 e. The highest BCUT2D eigenvalue weighted by Crippen LogP contribution is 2.18. The first-order valence-electron chi connectivity index (χ1n) is 7.66. The minimum absolute atomic E-state index is 0.0507. The molecule has 0 spiro atoms. The van der Waals surface area contributed by atoms with Crippen molar-refractivity contribution in [3.63, 3.8) is 0 Å². The quantitative estimate of drug-likeness (QED) is 0.841. The molecule has 1 heterocycles. The third-order valence-electron chi connectivity index (χ3n) is 3.77. The molecule has 1 atom stereocenters. The fraction of sp³-hybridized carbons (Fsp3) is 0.471. The Morgan fingerprint density at radius 3 is 2.38 bits per heavy atom. The lowest BCUT2D eigenvalue weighted by Crippen LogP contribution is -2.08. The van der Waals surface area contributed by atoms with Crippen LogP contribution >= 0.6 is 0 Å². The number of nitrogens with zero attached hydrogens (tertiary/aromatic N) is 2. The molecular weight excluding hydrogens is 262 g/mol. The zero-order chi connectivity index (χ0) is 15.2. The van der Waals surface area contributed by atoms with Gasteiger partial charge in [0.15, 0.2) is 0 Å². The van der Waals surface area contributed by atoms with Crippen LogP contribution < -0.4 is 10.5 Å². The molecule has 0 aliphatic carbocycles. The topological polar surface area (TPSA) is 53.1 Å². The van der Waals surface area contributed by atoms with E-state index < -0.39 is 0 Å². The van der Waals surface area contributed by atoms with Gasteiger partial charge in [-0.25, -0.2) is 0 Å². The van der Waals surface area contributed by atoms with E-state index in [0.29, 0.717) is 12.6 Å². The molecule has 0 aliphatic heterocycles. The van der Waals surface area contributed by atoms with Crippen molar-refractivity contribution < 1.29 is 4.74 Å². The lowest BCUT2D eigenvalue weighted by atomic mass is 10.1. The van der Waals surface area contributed by atoms with Crippen LogP contribution in [-0.2, 0) is 6.61 Å². The third-order valence-corrected chi connectivity index (χ3v) is 3.77. The fourth-order valence-corrected chi connectivity index (χ4v) is 2.35. The summed E-state index contributed by atoms with van der Waals surface area (Å²) in [6.45, 7) is 6.84. The molecule has 0 saturated heterocycles. The summed E-state index contributed by atoms with van der Waals surface area (Å²) in [5, 5.41) is 4.58. The third kappa shape index (κ3) is 4.08. The van der Waals surface area contributed by atoms with Crippen LogP contribution in [0, 0.1) is 0 Å². The maximum atomic E-state index is 5.83. The maximum Gasteiger partial charge on any atom is 0.132 e. The second-order valence-electron chi connectivity index (χ2n) is 5.40. The SMILES string of the molecule is CCC(CC)n1ccc(COc2ccc([C@H](C)N)cc2)n1. The first-order valence-corrected chi connectivity index (χ1v) is 7.66. The molecule has 2 aromatic rings. The van der Waals surface area contributed by atoms with E-state index in [1.54, 1.807) is 0 Å². The summed E-state index contributed by atoms with van der Waals surface area (Å²) < 4.78 is 7.81. The van der Waals surface area contributed by atoms with Gasteiger partial charge in [-0.2, -0.15) is 5.10 Å². The highest BCUT2D eigenvalue weighted by atomic mass is 16.5. The molecule has 21 heavy (non-hydrogen) atoms. The summed E-state index contributed by atoms with van der Waals surface area (Å²) >= 11 is 0. The average molecular weight is 287 g/mol. The molecule has 0 saturated carbocycles. The van der Waals surface area contributed by atoms with Crippen molar-refractivity contribution in [3.05, 3.63) is 47.8 Å². The van der Waals surface area contributed by atoms with Crippen molar-refractivity contribution >= 4 is 0 Å². The van der Waals surface area contributed by atoms with Crippen LogP contribution in [0.5, 0.6) is 5.75 Å². The predicted molar refractivity (Wildman–Crippen MR) is 85.2 cm³/mol. The van der Waals surface area contributed by atoms with Crippen LogP contribution in [-0.4, -0.2) is 9.78 Å². The van der Waals surface area contributed by atoms with Gasteiger partial charge in [-0.3, -0.25) is 4.68 Å². The Bertz CT molecular complexity index is 541. The summed E-state index contributed by atoms with van der Waals surface area (Å²) in [5.74, 6) is 0.844. The van der Waals surface area contributed by atoms with Crippen molar-refractivity contribution in [1.82, 2.24) is 9.78 Å². The van der Waals surface area contributed by atoms with E-state index in [2.05, 4.69) is 18.9 Å². The second-order valence-corrected chi connectivity index (χ2v) is 5.40. The molecular formula is C17H25N3O. The van der Waals surface area contributed by atoms with Crippen molar-refractivity contribution in [2.45, 2.75) is 52.3 Å². The van der Waals surface area contributed by atoms with Crippen LogP contribution in [0.15, 0.2) is 36.5 Å². The molecule has 0 radical (unpaired) electrons. The van der Waals surface area contributed by atoms with Gasteiger partial charge in [0.1, 0.15) is 12.4 Å². The van der Waals surface area contributed by atoms with Crippen LogP contribution in [0.3, 0.4) is 0 Å². The molecule has 2 rings (SSSR count). The van der Waals surface area contributed by atoms with E-state index in [1.165, 1.54) is 0 Å². The van der Waals surface area contributed by atoms with Gasteiger partial charge >= 0.3 is 0 Å². The van der Waals surface area contributed by atoms with Crippen LogP contribution in [0.2, 0.25) is 0 Å². The minimum atomic E-state index is 0.0507. The molecule has 0 bridgehead atoms. The highest BCUT2D eigenvalue weighted by molar-refractivity contribution is 5.28. The molecule has 0 unspecified atom stereocenters. The van der Waals surface area contributed by atoms with Crippen LogP contribution in [0.4, 0.5) is 0 Å². The predicted octanol–water partition coefficient (Wildman–Crippen LogP) is 3.84. The molecule has 1 aromatic heterocycles. The van der Waals surface area contributed by atoms with Gasteiger partial charge in [0.2, 0.25) is 0 Å². The van der Waals surface area contributed by atoms with Crippen molar-refractivity contribution in [2.24, 2.45) is 5.73 Å². The van der Waals surface area contributed by atoms with Gasteiger partial charge in [-0.1, -0.05) is 26.0 Å². The fourth-order valence-electron chi connectivity index (χ4n) is 2.35. The Kier molecular flexibility index (Phi) is 5.39. The zero-order valence-corrected chi connectivity index (χ0v) is 13.1. The van der Waals surface area contributed by atoms with Gasteiger partial charge in [0.05, 0.1) is 11.7 Å². The van der Waals surface area contributed by atoms with Crippen molar-refractivity contribution in [3.8, 4) is 5.75 Å². The summed E-state index contributed by atoms with van der Waals surface area (Å²) in [6, 6.07) is 10.5. The summed E-state index contributed by atoms with van der Waals surface area (Å²) in [5.41, 5.74) is 7.90. The first-order chi connectivity index (χ1) is 10.1. The van der Waals surface area contributed by atoms with E-state index in [1.807, 2.05) is 48.1 Å². The normalized spacial score (nSPS) is 12.6. The van der Waals surface area contributed by atoms with Crippen LogP contribution in [0.25, 0.3) is 0 Å². The Morgan fingerprint density at radius 1 is 1.14 bits per heavy atom. The Balaban J connectivity index is 1.93. The van der Waals surface area contributed by atoms with E-state index in [-0.39, 0.29) is 6.04 Å². The van der Waals surface area contributed by atoms with Crippen LogP contribution in [0.1, 0.15) is 57.0 Å². The van der Waals surface area contributed by atoms with Gasteiger partial charge < -0.3 is 10.5 Å². The molecule has 1 aromatic carbocycles. The Labute approximate surface area is 126 Å². The largest absolute Gasteiger partial charge is 0.487 e. The lowest BCUT2D eigenvalue weighted by Gasteiger charge is -2.12. The Morgan fingerprint density at radius 2 is 1.81 bits per heavy atom. The number of nitrogens with two attached hydrogens (primary N) is 1. The van der Waals surface area contributed by atoms with Gasteiger partial charge in [0.25, 0.3) is 0 Å². The molecule has 4 nitrogen and oxygen atoms in total. The molecule has 0 amide bonds. The molecule has 0 aliphatic rings. The van der Waals surface area contributed by atoms with Crippen molar-refractivity contribution in [2.75, 3.05) is 0 Å². The van der Waals surface area contributed by atoms with E-state index >= 15 is 0 Å². The maximum absolute atomic E-state index is 5.83. The highest BCUT2D eigenvalue weighted by Gasteiger charge is 2.08. The smallest absolute Gasteiger partial charge is 0.132 e. The number of hydrogen-bond donors (Lipinski definition) is 1. The van der Waals surface area contributed by atoms with E-state index in [9.17, 15) is 0 Å². The number of hydrogen-bond acceptors (Lipinski definition) is 3. The average Bonchev–Trinajstić information content (AvgIpc) is 2.96. The summed E-state index contributed by atoms with van der Waals surface area (Å²) in [4.78, 5) is 0. The monoisotopic (exact) mass is 287 g/mol. The standard InChI is InChI=1S/C17H25N3O/c1-4-16(5-2)20-11-10-15(19-20)12-21-17-8-6-14(7-9-17)13(3)18/h6-11,13,16H,4-5,12,18H2,1-3H3/t13-/m0/s1. The summed E-state index contributed by atoms with van der Waals surface area (Å²) in [6.07, 6.45) is 4.23. The van der Waals surface area contributed by atoms with Gasteiger partial charge in [-0.15, -0.1) is 0 Å². The second kappa shape index (κ2) is 7.27.